The van der Waals surface area contributed by atoms with E-state index in [9.17, 15) is 18.0 Å². The van der Waals surface area contributed by atoms with Crippen molar-refractivity contribution in [3.63, 3.8) is 0 Å². The summed E-state index contributed by atoms with van der Waals surface area (Å²) in [6.45, 7) is -0.176. The van der Waals surface area contributed by atoms with Gasteiger partial charge in [0.05, 0.1) is 11.4 Å². The van der Waals surface area contributed by atoms with Gasteiger partial charge in [0, 0.05) is 13.1 Å². The minimum Gasteiger partial charge on any atom is -0.350 e. The number of nitrogens with zero attached hydrogens (tertiary/aromatic N) is 2. The van der Waals surface area contributed by atoms with Gasteiger partial charge in [-0.3, -0.25) is 9.59 Å². The van der Waals surface area contributed by atoms with Gasteiger partial charge in [0.1, 0.15) is 13.1 Å². The molecule has 1 aliphatic heterocycles. The van der Waals surface area contributed by atoms with E-state index in [1.807, 2.05) is 60.7 Å². The van der Waals surface area contributed by atoms with Gasteiger partial charge < -0.3 is 10.6 Å². The summed E-state index contributed by atoms with van der Waals surface area (Å²) in [5.74, 6) is -0.875. The lowest BCUT2D eigenvalue weighted by molar-refractivity contribution is -0.120. The van der Waals surface area contributed by atoms with Gasteiger partial charge in [0.2, 0.25) is 11.8 Å². The van der Waals surface area contributed by atoms with E-state index in [4.69, 9.17) is 0 Å². The molecule has 2 N–H and O–H groups in total. The smallest absolute Gasteiger partial charge is 0.327 e. The molecule has 3 aromatic rings. The third-order valence-electron chi connectivity index (χ3n) is 5.22. The van der Waals surface area contributed by atoms with Crippen LogP contribution in [0.15, 0.2) is 84.9 Å². The van der Waals surface area contributed by atoms with Crippen LogP contribution < -0.4 is 19.2 Å². The van der Waals surface area contributed by atoms with Crippen LogP contribution in [0, 0.1) is 0 Å². The van der Waals surface area contributed by atoms with Crippen molar-refractivity contribution >= 4 is 33.4 Å². The number of amides is 2. The molecule has 0 spiro atoms. The summed E-state index contributed by atoms with van der Waals surface area (Å²) in [7, 11) is -4.10. The van der Waals surface area contributed by atoms with E-state index in [0.29, 0.717) is 24.5 Å². The fraction of sp³-hybridized carbons (Fsp3) is 0.167. The molecule has 3 aromatic carbocycles. The lowest BCUT2D eigenvalue weighted by Gasteiger charge is -2.21. The molecule has 9 heteroatoms. The van der Waals surface area contributed by atoms with Crippen molar-refractivity contribution in [1.29, 1.82) is 0 Å². The van der Waals surface area contributed by atoms with Gasteiger partial charge in [-0.2, -0.15) is 8.42 Å². The maximum atomic E-state index is 13.3. The van der Waals surface area contributed by atoms with Crippen LogP contribution in [0.3, 0.4) is 0 Å². The average Bonchev–Trinajstić information content (AvgIpc) is 3.04. The third kappa shape index (κ3) is 5.15. The predicted octanol–water partition coefficient (Wildman–Crippen LogP) is 2.19. The number of rotatable bonds is 8. The van der Waals surface area contributed by atoms with E-state index < -0.39 is 22.0 Å². The lowest BCUT2D eigenvalue weighted by atomic mass is 10.2. The molecular formula is C24H24N4O4S. The van der Waals surface area contributed by atoms with Crippen LogP contribution >= 0.6 is 0 Å². The van der Waals surface area contributed by atoms with Crippen LogP contribution in [-0.2, 0) is 32.9 Å². The summed E-state index contributed by atoms with van der Waals surface area (Å²) in [5.41, 5.74) is 2.55. The summed E-state index contributed by atoms with van der Waals surface area (Å²) in [6, 6.07) is 25.3. The number of hydrogen-bond acceptors (Lipinski definition) is 4. The normalized spacial score (nSPS) is 13.9. The van der Waals surface area contributed by atoms with Crippen LogP contribution in [0.2, 0.25) is 0 Å². The fourth-order valence-corrected chi connectivity index (χ4v) is 5.16. The number of carbonyl (C=O) groups excluding carboxylic acids is 2. The highest BCUT2D eigenvalue weighted by molar-refractivity contribution is 7.94. The Hall–Kier alpha value is -3.85. The Morgan fingerprint density at radius 3 is 1.36 bits per heavy atom. The highest BCUT2D eigenvalue weighted by Gasteiger charge is 2.41. The zero-order chi connectivity index (χ0) is 23.3. The second kappa shape index (κ2) is 9.74. The van der Waals surface area contributed by atoms with Gasteiger partial charge >= 0.3 is 10.2 Å². The third-order valence-corrected chi connectivity index (χ3v) is 6.98. The van der Waals surface area contributed by atoms with Crippen LogP contribution in [0.1, 0.15) is 11.1 Å². The molecule has 170 valence electrons. The first-order chi connectivity index (χ1) is 15.9. The first-order valence-corrected chi connectivity index (χ1v) is 11.9. The van der Waals surface area contributed by atoms with Crippen LogP contribution in [-0.4, -0.2) is 33.3 Å². The minimum atomic E-state index is -4.10. The topological polar surface area (TPSA) is 98.8 Å². The standard InChI is InChI=1S/C24H24N4O4S/c29-23(25-15-19-9-3-1-4-10-19)17-27-21-13-7-8-14-22(21)28(33(27,31)32)18-24(30)26-16-20-11-5-2-6-12-20/h1-14H,15-18H2,(H,25,29)(H,26,30). The molecule has 1 aliphatic rings. The molecule has 2 amide bonds. The number of carbonyl (C=O) groups is 2. The summed E-state index contributed by atoms with van der Waals surface area (Å²) in [4.78, 5) is 25.1. The summed E-state index contributed by atoms with van der Waals surface area (Å²) in [6.07, 6.45) is 0. The number of hydrogen-bond donors (Lipinski definition) is 2. The molecule has 0 bridgehead atoms. The molecule has 0 saturated carbocycles. The molecule has 0 aromatic heterocycles. The van der Waals surface area contributed by atoms with Gasteiger partial charge in [-0.15, -0.1) is 0 Å². The second-order valence-corrected chi connectivity index (χ2v) is 9.31. The monoisotopic (exact) mass is 464 g/mol. The van der Waals surface area contributed by atoms with E-state index in [-0.39, 0.29) is 13.1 Å². The van der Waals surface area contributed by atoms with E-state index >= 15 is 0 Å². The lowest BCUT2D eigenvalue weighted by Crippen LogP contribution is -2.46. The Bertz CT molecular complexity index is 1140. The summed E-state index contributed by atoms with van der Waals surface area (Å²) in [5, 5.41) is 5.49. The Morgan fingerprint density at radius 1 is 0.606 bits per heavy atom. The zero-order valence-electron chi connectivity index (χ0n) is 17.8. The van der Waals surface area contributed by atoms with E-state index in [1.165, 1.54) is 0 Å². The van der Waals surface area contributed by atoms with Crippen LogP contribution in [0.25, 0.3) is 0 Å². The van der Waals surface area contributed by atoms with Gasteiger partial charge in [-0.1, -0.05) is 72.8 Å². The molecule has 0 saturated heterocycles. The van der Waals surface area contributed by atoms with Crippen molar-refractivity contribution in [3.05, 3.63) is 96.1 Å². The van der Waals surface area contributed by atoms with Crippen LogP contribution in [0.5, 0.6) is 0 Å². The molecule has 1 heterocycles. The van der Waals surface area contributed by atoms with Gasteiger partial charge in [0.25, 0.3) is 0 Å². The SMILES string of the molecule is O=C(CN1c2ccccc2N(CC(=O)NCc2ccccc2)S1(=O)=O)NCc1ccccc1. The molecular weight excluding hydrogens is 440 g/mol. The molecule has 8 nitrogen and oxygen atoms in total. The maximum absolute atomic E-state index is 13.3. The Morgan fingerprint density at radius 2 is 0.970 bits per heavy atom. The highest BCUT2D eigenvalue weighted by atomic mass is 32.2. The van der Waals surface area contributed by atoms with Crippen molar-refractivity contribution < 1.29 is 18.0 Å². The number of anilines is 2. The molecule has 0 unspecified atom stereocenters. The van der Waals surface area contributed by atoms with Gasteiger partial charge in [-0.25, -0.2) is 8.61 Å². The minimum absolute atomic E-state index is 0.292. The van der Waals surface area contributed by atoms with E-state index in [2.05, 4.69) is 10.6 Å². The molecule has 0 fully saturated rings. The van der Waals surface area contributed by atoms with E-state index in [0.717, 1.165) is 19.7 Å². The molecule has 4 rings (SSSR count). The largest absolute Gasteiger partial charge is 0.350 e. The second-order valence-electron chi connectivity index (χ2n) is 7.53. The number of para-hydroxylation sites is 2. The summed E-state index contributed by atoms with van der Waals surface area (Å²) >= 11 is 0. The summed E-state index contributed by atoms with van der Waals surface area (Å²) < 4.78 is 28.6. The number of nitrogens with one attached hydrogen (secondary N) is 2. The van der Waals surface area contributed by atoms with Crippen molar-refractivity contribution in [1.82, 2.24) is 10.6 Å². The van der Waals surface area contributed by atoms with Gasteiger partial charge in [0.15, 0.2) is 0 Å². The molecule has 0 radical (unpaired) electrons. The number of fused-ring (bicyclic) bond motifs is 1. The van der Waals surface area contributed by atoms with Gasteiger partial charge in [-0.05, 0) is 23.3 Å². The Labute approximate surface area is 193 Å². The molecule has 0 aliphatic carbocycles. The predicted molar refractivity (Wildman–Crippen MR) is 127 cm³/mol. The fourth-order valence-electron chi connectivity index (χ4n) is 3.55. The highest BCUT2D eigenvalue weighted by Crippen LogP contribution is 2.40. The molecule has 0 atom stereocenters. The van der Waals surface area contributed by atoms with E-state index in [1.54, 1.807) is 24.3 Å². The quantitative estimate of drug-likeness (QED) is 0.534. The first kappa shape index (κ1) is 22.3. The zero-order valence-corrected chi connectivity index (χ0v) is 18.7. The van der Waals surface area contributed by atoms with Crippen LogP contribution in [0.4, 0.5) is 11.4 Å². The van der Waals surface area contributed by atoms with Crippen molar-refractivity contribution in [2.24, 2.45) is 0 Å². The van der Waals surface area contributed by atoms with Crippen molar-refractivity contribution in [2.75, 3.05) is 21.7 Å². The Kier molecular flexibility index (Phi) is 6.60. The molecule has 33 heavy (non-hydrogen) atoms. The average molecular weight is 465 g/mol. The number of benzene rings is 3. The van der Waals surface area contributed by atoms with Crippen molar-refractivity contribution in [3.8, 4) is 0 Å². The maximum Gasteiger partial charge on any atom is 0.327 e. The first-order valence-electron chi connectivity index (χ1n) is 10.5. The van der Waals surface area contributed by atoms with Crippen molar-refractivity contribution in [2.45, 2.75) is 13.1 Å². The Balaban J connectivity index is 1.44.